The Balaban J connectivity index is 2.41. The quantitative estimate of drug-likeness (QED) is 0.866. The van der Waals surface area contributed by atoms with Crippen LogP contribution in [-0.4, -0.2) is 14.2 Å². The molecule has 0 saturated heterocycles. The van der Waals surface area contributed by atoms with Gasteiger partial charge in [0.1, 0.15) is 5.75 Å². The van der Waals surface area contributed by atoms with Gasteiger partial charge < -0.3 is 10.1 Å². The van der Waals surface area contributed by atoms with Crippen LogP contribution in [0.2, 0.25) is 0 Å². The molecule has 0 aliphatic carbocycles. The normalized spacial score (nSPS) is 10.2. The second-order valence-corrected chi connectivity index (χ2v) is 3.93. The zero-order valence-corrected chi connectivity index (χ0v) is 10.2. The first-order chi connectivity index (χ1) is 8.35. The molecular weight excluding hydrogens is 210 g/mol. The van der Waals surface area contributed by atoms with Crippen molar-refractivity contribution in [1.29, 1.82) is 0 Å². The summed E-state index contributed by atoms with van der Waals surface area (Å²) in [6.07, 6.45) is 0. The van der Waals surface area contributed by atoms with Gasteiger partial charge in [0.05, 0.1) is 7.11 Å². The standard InChI is InChI=1S/C15H17NO/c1-16-11-12-6-5-7-13(10-12)14-8-3-4-9-15(14)17-2/h3-10,16H,11H2,1-2H3. The fraction of sp³-hybridized carbons (Fsp3) is 0.200. The Kier molecular flexibility index (Phi) is 3.78. The molecule has 0 bridgehead atoms. The van der Waals surface area contributed by atoms with E-state index in [0.717, 1.165) is 17.9 Å². The van der Waals surface area contributed by atoms with E-state index in [-0.39, 0.29) is 0 Å². The Labute approximate surface area is 102 Å². The maximum atomic E-state index is 5.38. The van der Waals surface area contributed by atoms with Crippen molar-refractivity contribution in [2.75, 3.05) is 14.2 Å². The van der Waals surface area contributed by atoms with Gasteiger partial charge in [-0.1, -0.05) is 36.4 Å². The highest BCUT2D eigenvalue weighted by Gasteiger charge is 2.04. The van der Waals surface area contributed by atoms with Crippen LogP contribution in [0.4, 0.5) is 0 Å². The fourth-order valence-electron chi connectivity index (χ4n) is 1.94. The van der Waals surface area contributed by atoms with E-state index in [0.29, 0.717) is 0 Å². The third kappa shape index (κ3) is 2.66. The van der Waals surface area contributed by atoms with Crippen molar-refractivity contribution in [1.82, 2.24) is 5.32 Å². The van der Waals surface area contributed by atoms with E-state index in [9.17, 15) is 0 Å². The van der Waals surface area contributed by atoms with Gasteiger partial charge in [-0.3, -0.25) is 0 Å². The van der Waals surface area contributed by atoms with Gasteiger partial charge in [0.2, 0.25) is 0 Å². The molecule has 0 fully saturated rings. The minimum absolute atomic E-state index is 0.878. The summed E-state index contributed by atoms with van der Waals surface area (Å²) in [7, 11) is 3.66. The summed E-state index contributed by atoms with van der Waals surface area (Å²) in [4.78, 5) is 0. The fourth-order valence-corrected chi connectivity index (χ4v) is 1.94. The monoisotopic (exact) mass is 227 g/mol. The molecular formula is C15H17NO. The zero-order valence-electron chi connectivity index (χ0n) is 10.2. The lowest BCUT2D eigenvalue weighted by Crippen LogP contribution is -2.04. The predicted molar refractivity (Wildman–Crippen MR) is 71.2 cm³/mol. The van der Waals surface area contributed by atoms with Crippen LogP contribution in [0.3, 0.4) is 0 Å². The lowest BCUT2D eigenvalue weighted by molar-refractivity contribution is 0.416. The van der Waals surface area contributed by atoms with Crippen LogP contribution in [0.25, 0.3) is 11.1 Å². The number of para-hydroxylation sites is 1. The zero-order chi connectivity index (χ0) is 12.1. The van der Waals surface area contributed by atoms with E-state index < -0.39 is 0 Å². The molecule has 2 aromatic rings. The minimum atomic E-state index is 0.878. The number of hydrogen-bond donors (Lipinski definition) is 1. The average Bonchev–Trinajstić information content (AvgIpc) is 2.39. The second kappa shape index (κ2) is 5.51. The number of nitrogens with one attached hydrogen (secondary N) is 1. The summed E-state index contributed by atoms with van der Waals surface area (Å²) in [5.74, 6) is 0.911. The van der Waals surface area contributed by atoms with Crippen molar-refractivity contribution in [2.24, 2.45) is 0 Å². The Morgan fingerprint density at radius 2 is 1.88 bits per heavy atom. The van der Waals surface area contributed by atoms with E-state index in [4.69, 9.17) is 4.74 Å². The van der Waals surface area contributed by atoms with E-state index in [2.05, 4.69) is 35.6 Å². The SMILES string of the molecule is CNCc1cccc(-c2ccccc2OC)c1. The number of benzene rings is 2. The molecule has 2 nitrogen and oxygen atoms in total. The molecule has 0 aliphatic heterocycles. The van der Waals surface area contributed by atoms with Crippen LogP contribution in [0, 0.1) is 0 Å². The number of methoxy groups -OCH3 is 1. The Morgan fingerprint density at radius 3 is 2.65 bits per heavy atom. The highest BCUT2D eigenvalue weighted by atomic mass is 16.5. The summed E-state index contributed by atoms with van der Waals surface area (Å²) < 4.78 is 5.38. The topological polar surface area (TPSA) is 21.3 Å². The van der Waals surface area contributed by atoms with Crippen LogP contribution >= 0.6 is 0 Å². The molecule has 0 heterocycles. The molecule has 0 unspecified atom stereocenters. The van der Waals surface area contributed by atoms with E-state index in [1.807, 2.05) is 25.2 Å². The van der Waals surface area contributed by atoms with Crippen molar-refractivity contribution < 1.29 is 4.74 Å². The first-order valence-electron chi connectivity index (χ1n) is 5.72. The van der Waals surface area contributed by atoms with Crippen molar-refractivity contribution in [2.45, 2.75) is 6.54 Å². The molecule has 88 valence electrons. The number of rotatable bonds is 4. The summed E-state index contributed by atoms with van der Waals surface area (Å²) >= 11 is 0. The van der Waals surface area contributed by atoms with E-state index >= 15 is 0 Å². The van der Waals surface area contributed by atoms with Crippen LogP contribution in [0.15, 0.2) is 48.5 Å². The molecule has 2 aromatic carbocycles. The molecule has 0 atom stereocenters. The number of hydrogen-bond acceptors (Lipinski definition) is 2. The predicted octanol–water partition coefficient (Wildman–Crippen LogP) is 3.08. The van der Waals surface area contributed by atoms with Gasteiger partial charge in [-0.25, -0.2) is 0 Å². The number of ether oxygens (including phenoxy) is 1. The summed E-state index contributed by atoms with van der Waals surface area (Å²) in [6, 6.07) is 16.6. The van der Waals surface area contributed by atoms with Gasteiger partial charge in [-0.15, -0.1) is 0 Å². The smallest absolute Gasteiger partial charge is 0.126 e. The second-order valence-electron chi connectivity index (χ2n) is 3.93. The van der Waals surface area contributed by atoms with Gasteiger partial charge in [-0.05, 0) is 30.3 Å². The molecule has 0 aromatic heterocycles. The highest BCUT2D eigenvalue weighted by molar-refractivity contribution is 5.70. The Morgan fingerprint density at radius 1 is 1.06 bits per heavy atom. The van der Waals surface area contributed by atoms with Gasteiger partial charge >= 0.3 is 0 Å². The molecule has 2 rings (SSSR count). The van der Waals surface area contributed by atoms with Gasteiger partial charge in [0.15, 0.2) is 0 Å². The van der Waals surface area contributed by atoms with Gasteiger partial charge in [0.25, 0.3) is 0 Å². The molecule has 0 spiro atoms. The van der Waals surface area contributed by atoms with Crippen molar-refractivity contribution in [3.8, 4) is 16.9 Å². The van der Waals surface area contributed by atoms with Gasteiger partial charge in [0, 0.05) is 12.1 Å². The summed E-state index contributed by atoms with van der Waals surface area (Å²) in [5.41, 5.74) is 3.60. The molecule has 1 N–H and O–H groups in total. The van der Waals surface area contributed by atoms with Crippen LogP contribution in [-0.2, 0) is 6.54 Å². The lowest BCUT2D eigenvalue weighted by Gasteiger charge is -2.09. The van der Waals surface area contributed by atoms with Crippen molar-refractivity contribution in [3.63, 3.8) is 0 Å². The van der Waals surface area contributed by atoms with Crippen molar-refractivity contribution >= 4 is 0 Å². The van der Waals surface area contributed by atoms with E-state index in [1.165, 1.54) is 11.1 Å². The molecule has 0 saturated carbocycles. The minimum Gasteiger partial charge on any atom is -0.496 e. The highest BCUT2D eigenvalue weighted by Crippen LogP contribution is 2.29. The first kappa shape index (κ1) is 11.7. The summed E-state index contributed by atoms with van der Waals surface area (Å²) in [5, 5.41) is 3.16. The summed E-state index contributed by atoms with van der Waals surface area (Å²) in [6.45, 7) is 0.878. The molecule has 2 heteroatoms. The van der Waals surface area contributed by atoms with Crippen molar-refractivity contribution in [3.05, 3.63) is 54.1 Å². The van der Waals surface area contributed by atoms with Crippen LogP contribution in [0.1, 0.15) is 5.56 Å². The largest absolute Gasteiger partial charge is 0.496 e. The Hall–Kier alpha value is -1.80. The van der Waals surface area contributed by atoms with E-state index in [1.54, 1.807) is 7.11 Å². The third-order valence-corrected chi connectivity index (χ3v) is 2.73. The maximum Gasteiger partial charge on any atom is 0.126 e. The molecule has 0 amide bonds. The maximum absolute atomic E-state index is 5.38. The van der Waals surface area contributed by atoms with Crippen LogP contribution < -0.4 is 10.1 Å². The van der Waals surface area contributed by atoms with Gasteiger partial charge in [-0.2, -0.15) is 0 Å². The lowest BCUT2D eigenvalue weighted by atomic mass is 10.0. The third-order valence-electron chi connectivity index (χ3n) is 2.73. The molecule has 0 radical (unpaired) electrons. The molecule has 0 aliphatic rings. The molecule has 17 heavy (non-hydrogen) atoms. The Bertz CT molecular complexity index is 494. The van der Waals surface area contributed by atoms with Crippen LogP contribution in [0.5, 0.6) is 5.75 Å². The average molecular weight is 227 g/mol. The first-order valence-corrected chi connectivity index (χ1v) is 5.72.